The highest BCUT2D eigenvalue weighted by atomic mass is 16.5. The van der Waals surface area contributed by atoms with E-state index in [0.29, 0.717) is 6.04 Å². The predicted molar refractivity (Wildman–Crippen MR) is 68.4 cm³/mol. The summed E-state index contributed by atoms with van der Waals surface area (Å²) in [5, 5.41) is 7.92. The van der Waals surface area contributed by atoms with Crippen molar-refractivity contribution in [1.29, 1.82) is 0 Å². The Balaban J connectivity index is 1.66. The summed E-state index contributed by atoms with van der Waals surface area (Å²) >= 11 is 0. The van der Waals surface area contributed by atoms with Crippen LogP contribution in [0.25, 0.3) is 5.65 Å². The molecule has 2 aromatic heterocycles. The van der Waals surface area contributed by atoms with Crippen LogP contribution < -0.4 is 5.32 Å². The largest absolute Gasteiger partial charge is 0.381 e. The molecule has 18 heavy (non-hydrogen) atoms. The van der Waals surface area contributed by atoms with Crippen molar-refractivity contribution < 1.29 is 4.74 Å². The number of aryl methyl sites for hydroxylation is 1. The van der Waals surface area contributed by atoms with Gasteiger partial charge in [-0.3, -0.25) is 0 Å². The van der Waals surface area contributed by atoms with Crippen molar-refractivity contribution in [3.05, 3.63) is 29.7 Å². The third-order valence-electron chi connectivity index (χ3n) is 3.31. The van der Waals surface area contributed by atoms with Gasteiger partial charge in [-0.1, -0.05) is 0 Å². The van der Waals surface area contributed by atoms with Gasteiger partial charge in [0.2, 0.25) is 0 Å². The van der Waals surface area contributed by atoms with E-state index in [1.54, 1.807) is 0 Å². The average molecular weight is 246 g/mol. The average Bonchev–Trinajstić information content (AvgIpc) is 2.77. The van der Waals surface area contributed by atoms with Crippen LogP contribution in [-0.4, -0.2) is 33.9 Å². The van der Waals surface area contributed by atoms with E-state index >= 15 is 0 Å². The third-order valence-corrected chi connectivity index (χ3v) is 3.31. The fraction of sp³-hybridized carbons (Fsp3) is 0.538. The molecule has 0 atom stereocenters. The molecule has 0 amide bonds. The summed E-state index contributed by atoms with van der Waals surface area (Å²) in [5.74, 6) is 0. The minimum Gasteiger partial charge on any atom is -0.381 e. The molecule has 3 rings (SSSR count). The van der Waals surface area contributed by atoms with Gasteiger partial charge in [-0.05, 0) is 19.8 Å². The molecule has 0 aliphatic carbocycles. The quantitative estimate of drug-likeness (QED) is 0.887. The molecule has 5 nitrogen and oxygen atoms in total. The first kappa shape index (κ1) is 11.6. The van der Waals surface area contributed by atoms with Gasteiger partial charge in [0, 0.05) is 49.8 Å². The number of nitrogens with zero attached hydrogens (tertiary/aromatic N) is 3. The second-order valence-corrected chi connectivity index (χ2v) is 4.82. The van der Waals surface area contributed by atoms with Crippen LogP contribution in [0.1, 0.15) is 24.1 Å². The zero-order valence-electron chi connectivity index (χ0n) is 10.6. The third kappa shape index (κ3) is 2.52. The highest BCUT2D eigenvalue weighted by molar-refractivity contribution is 5.38. The Kier molecular flexibility index (Phi) is 3.25. The van der Waals surface area contributed by atoms with Crippen LogP contribution in [0.4, 0.5) is 0 Å². The molecule has 0 unspecified atom stereocenters. The van der Waals surface area contributed by atoms with Crippen molar-refractivity contribution in [3.8, 4) is 0 Å². The van der Waals surface area contributed by atoms with Crippen LogP contribution in [0, 0.1) is 6.92 Å². The monoisotopic (exact) mass is 246 g/mol. The Morgan fingerprint density at radius 2 is 2.28 bits per heavy atom. The second kappa shape index (κ2) is 5.04. The molecule has 2 aromatic rings. The summed E-state index contributed by atoms with van der Waals surface area (Å²) in [6, 6.07) is 2.55. The zero-order chi connectivity index (χ0) is 12.4. The first-order chi connectivity index (χ1) is 8.81. The van der Waals surface area contributed by atoms with Crippen molar-refractivity contribution in [2.24, 2.45) is 0 Å². The van der Waals surface area contributed by atoms with E-state index in [1.165, 1.54) is 0 Å². The van der Waals surface area contributed by atoms with Crippen molar-refractivity contribution >= 4 is 5.65 Å². The van der Waals surface area contributed by atoms with Crippen LogP contribution in [-0.2, 0) is 11.3 Å². The Bertz CT molecular complexity index is 531. The van der Waals surface area contributed by atoms with Crippen molar-refractivity contribution in [2.45, 2.75) is 32.4 Å². The van der Waals surface area contributed by atoms with Crippen LogP contribution in [0.2, 0.25) is 0 Å². The van der Waals surface area contributed by atoms with Crippen LogP contribution in [0.15, 0.2) is 18.5 Å². The summed E-state index contributed by atoms with van der Waals surface area (Å²) in [6.45, 7) is 4.56. The standard InChI is InChI=1S/C13H18N4O/c1-10-6-13-15-8-11(9-17(13)16-10)7-14-12-2-4-18-5-3-12/h6,8-9,12,14H,2-5,7H2,1H3. The Labute approximate surface area is 106 Å². The fourth-order valence-electron chi connectivity index (χ4n) is 2.29. The summed E-state index contributed by atoms with van der Waals surface area (Å²) in [4.78, 5) is 4.40. The van der Waals surface area contributed by atoms with E-state index in [9.17, 15) is 0 Å². The number of fused-ring (bicyclic) bond motifs is 1. The minimum atomic E-state index is 0.564. The molecule has 0 saturated carbocycles. The molecule has 1 N–H and O–H groups in total. The number of rotatable bonds is 3. The highest BCUT2D eigenvalue weighted by Gasteiger charge is 2.12. The fourth-order valence-corrected chi connectivity index (χ4v) is 2.29. The normalized spacial score (nSPS) is 17.4. The van der Waals surface area contributed by atoms with Gasteiger partial charge in [-0.25, -0.2) is 9.50 Å². The molecular weight excluding hydrogens is 228 g/mol. The molecule has 1 aliphatic rings. The van der Waals surface area contributed by atoms with E-state index in [-0.39, 0.29) is 0 Å². The molecule has 0 spiro atoms. The SMILES string of the molecule is Cc1cc2ncc(CNC3CCOCC3)cn2n1. The lowest BCUT2D eigenvalue weighted by atomic mass is 10.1. The number of aromatic nitrogens is 3. The number of hydrogen-bond donors (Lipinski definition) is 1. The molecule has 96 valence electrons. The van der Waals surface area contributed by atoms with Crippen LogP contribution in [0.5, 0.6) is 0 Å². The lowest BCUT2D eigenvalue weighted by Crippen LogP contribution is -2.34. The maximum Gasteiger partial charge on any atom is 0.155 e. The summed E-state index contributed by atoms with van der Waals surface area (Å²) in [6.07, 6.45) is 6.15. The van der Waals surface area contributed by atoms with Gasteiger partial charge < -0.3 is 10.1 Å². The molecule has 1 saturated heterocycles. The lowest BCUT2D eigenvalue weighted by molar-refractivity contribution is 0.0776. The Morgan fingerprint density at radius 3 is 3.11 bits per heavy atom. The van der Waals surface area contributed by atoms with Crippen molar-refractivity contribution in [3.63, 3.8) is 0 Å². The number of ether oxygens (including phenoxy) is 1. The van der Waals surface area contributed by atoms with Crippen LogP contribution >= 0.6 is 0 Å². The minimum absolute atomic E-state index is 0.564. The second-order valence-electron chi connectivity index (χ2n) is 4.82. The van der Waals surface area contributed by atoms with Gasteiger partial charge in [0.05, 0.1) is 5.69 Å². The van der Waals surface area contributed by atoms with E-state index in [0.717, 1.165) is 49.5 Å². The van der Waals surface area contributed by atoms with E-state index in [4.69, 9.17) is 4.74 Å². The zero-order valence-corrected chi connectivity index (χ0v) is 10.6. The van der Waals surface area contributed by atoms with Crippen molar-refractivity contribution in [1.82, 2.24) is 19.9 Å². The first-order valence-corrected chi connectivity index (χ1v) is 6.43. The smallest absolute Gasteiger partial charge is 0.155 e. The molecule has 3 heterocycles. The van der Waals surface area contributed by atoms with Crippen LogP contribution in [0.3, 0.4) is 0 Å². The first-order valence-electron chi connectivity index (χ1n) is 6.43. The molecule has 1 fully saturated rings. The summed E-state index contributed by atoms with van der Waals surface area (Å²) in [5.41, 5.74) is 3.07. The lowest BCUT2D eigenvalue weighted by Gasteiger charge is -2.23. The number of hydrogen-bond acceptors (Lipinski definition) is 4. The Hall–Kier alpha value is -1.46. The van der Waals surface area contributed by atoms with Gasteiger partial charge >= 0.3 is 0 Å². The van der Waals surface area contributed by atoms with Gasteiger partial charge in [0.25, 0.3) is 0 Å². The van der Waals surface area contributed by atoms with Gasteiger partial charge in [0.1, 0.15) is 0 Å². The Morgan fingerprint density at radius 1 is 1.44 bits per heavy atom. The van der Waals surface area contributed by atoms with Crippen molar-refractivity contribution in [2.75, 3.05) is 13.2 Å². The maximum atomic E-state index is 5.35. The molecular formula is C13H18N4O. The van der Waals surface area contributed by atoms with Gasteiger partial charge in [-0.15, -0.1) is 0 Å². The van der Waals surface area contributed by atoms with Gasteiger partial charge in [0.15, 0.2) is 5.65 Å². The van der Waals surface area contributed by atoms with E-state index < -0.39 is 0 Å². The molecule has 0 radical (unpaired) electrons. The molecule has 5 heteroatoms. The van der Waals surface area contributed by atoms with E-state index in [1.807, 2.05) is 29.9 Å². The topological polar surface area (TPSA) is 51.5 Å². The van der Waals surface area contributed by atoms with Gasteiger partial charge in [-0.2, -0.15) is 5.10 Å². The summed E-state index contributed by atoms with van der Waals surface area (Å²) < 4.78 is 7.19. The highest BCUT2D eigenvalue weighted by Crippen LogP contribution is 2.08. The summed E-state index contributed by atoms with van der Waals surface area (Å²) in [7, 11) is 0. The number of nitrogens with one attached hydrogen (secondary N) is 1. The molecule has 1 aliphatic heterocycles. The van der Waals surface area contributed by atoms with E-state index in [2.05, 4.69) is 15.4 Å². The maximum absolute atomic E-state index is 5.35. The predicted octanol–water partition coefficient (Wildman–Crippen LogP) is 1.31. The molecule has 0 bridgehead atoms. The molecule has 0 aromatic carbocycles.